The third kappa shape index (κ3) is 4.36. The lowest BCUT2D eigenvalue weighted by Gasteiger charge is -2.17. The van der Waals surface area contributed by atoms with Crippen molar-refractivity contribution in [1.29, 1.82) is 0 Å². The van der Waals surface area contributed by atoms with Crippen LogP contribution in [0.1, 0.15) is 38.7 Å². The summed E-state index contributed by atoms with van der Waals surface area (Å²) in [6.07, 6.45) is 5.19. The number of hydrogen-bond donors (Lipinski definition) is 0. The van der Waals surface area contributed by atoms with Crippen molar-refractivity contribution in [2.45, 2.75) is 55.5 Å². The van der Waals surface area contributed by atoms with E-state index in [0.717, 1.165) is 13.0 Å². The number of ether oxygens (including phenoxy) is 1. The fraction of sp³-hybridized carbons (Fsp3) is 0.417. The number of benzene rings is 2. The Morgan fingerprint density at radius 1 is 1.16 bits per heavy atom. The summed E-state index contributed by atoms with van der Waals surface area (Å²) in [7, 11) is -3.52. The third-order valence-electron chi connectivity index (χ3n) is 5.89. The molecule has 166 valence electrons. The van der Waals surface area contributed by atoms with Gasteiger partial charge in [-0.05, 0) is 75.4 Å². The largest absolute Gasteiger partial charge is 0.491 e. The van der Waals surface area contributed by atoms with Gasteiger partial charge in [-0.1, -0.05) is 6.07 Å². The summed E-state index contributed by atoms with van der Waals surface area (Å²) in [5.41, 5.74) is 2.48. The smallest absolute Gasteiger partial charge is 0.243 e. The quantitative estimate of drug-likeness (QED) is 0.448. The Balaban J connectivity index is 1.58. The van der Waals surface area contributed by atoms with Gasteiger partial charge in [-0.3, -0.25) is 0 Å². The topological polar surface area (TPSA) is 51.5 Å². The molecule has 5 nitrogen and oxygen atoms in total. The second-order valence-corrected chi connectivity index (χ2v) is 11.1. The van der Waals surface area contributed by atoms with E-state index in [-0.39, 0.29) is 12.0 Å². The first-order valence-corrected chi connectivity index (χ1v) is 13.4. The van der Waals surface area contributed by atoms with Crippen LogP contribution in [0.5, 0.6) is 5.75 Å². The Morgan fingerprint density at radius 3 is 2.55 bits per heavy atom. The molecule has 1 aliphatic heterocycles. The average Bonchev–Trinajstić information content (AvgIpc) is 3.38. The Hall–Kier alpha value is -1.96. The molecule has 1 saturated heterocycles. The van der Waals surface area contributed by atoms with Crippen molar-refractivity contribution in [3.8, 4) is 5.75 Å². The minimum absolute atomic E-state index is 0.0547. The summed E-state index contributed by atoms with van der Waals surface area (Å²) < 4.78 is 36.0. The molecule has 1 unspecified atom stereocenters. The van der Waals surface area contributed by atoms with Crippen LogP contribution >= 0.6 is 11.8 Å². The summed E-state index contributed by atoms with van der Waals surface area (Å²) in [5.74, 6) is 0.888. The highest BCUT2D eigenvalue weighted by Gasteiger charge is 2.34. The van der Waals surface area contributed by atoms with Gasteiger partial charge in [0.15, 0.2) is 0 Å². The summed E-state index contributed by atoms with van der Waals surface area (Å²) in [6, 6.07) is 13.3. The van der Waals surface area contributed by atoms with Crippen molar-refractivity contribution < 1.29 is 13.2 Å². The van der Waals surface area contributed by atoms with Crippen molar-refractivity contribution >= 4 is 32.7 Å². The van der Waals surface area contributed by atoms with Crippen LogP contribution in [0.15, 0.2) is 58.5 Å². The zero-order chi connectivity index (χ0) is 22.2. The van der Waals surface area contributed by atoms with Crippen LogP contribution < -0.4 is 4.74 Å². The number of aryl methyl sites for hydroxylation is 1. The van der Waals surface area contributed by atoms with Crippen molar-refractivity contribution in [3.05, 3.63) is 54.2 Å². The lowest BCUT2D eigenvalue weighted by atomic mass is 9.98. The zero-order valence-corrected chi connectivity index (χ0v) is 20.2. The maximum Gasteiger partial charge on any atom is 0.243 e. The number of aromatic nitrogens is 1. The fourth-order valence-corrected chi connectivity index (χ4v) is 6.26. The van der Waals surface area contributed by atoms with E-state index in [9.17, 15) is 8.42 Å². The van der Waals surface area contributed by atoms with Crippen molar-refractivity contribution in [2.75, 3.05) is 19.3 Å². The first-order chi connectivity index (χ1) is 14.8. The van der Waals surface area contributed by atoms with Gasteiger partial charge in [-0.25, -0.2) is 8.42 Å². The van der Waals surface area contributed by atoms with Gasteiger partial charge in [0, 0.05) is 47.5 Å². The lowest BCUT2D eigenvalue weighted by molar-refractivity contribution is 0.242. The molecular formula is C24H30N2O3S2. The van der Waals surface area contributed by atoms with E-state index in [1.165, 1.54) is 21.4 Å². The Labute approximate surface area is 189 Å². The maximum atomic E-state index is 13.2. The molecule has 0 amide bonds. The molecule has 4 rings (SSSR count). The Kier molecular flexibility index (Phi) is 6.37. The molecule has 1 fully saturated rings. The number of hydrogen-bond acceptors (Lipinski definition) is 4. The molecule has 31 heavy (non-hydrogen) atoms. The van der Waals surface area contributed by atoms with E-state index in [1.54, 1.807) is 40.3 Å². The molecule has 1 atom stereocenters. The zero-order valence-electron chi connectivity index (χ0n) is 18.5. The maximum absolute atomic E-state index is 13.2. The van der Waals surface area contributed by atoms with E-state index in [1.807, 2.05) is 13.8 Å². The predicted octanol–water partition coefficient (Wildman–Crippen LogP) is 5.35. The minimum atomic E-state index is -3.52. The van der Waals surface area contributed by atoms with E-state index >= 15 is 0 Å². The second-order valence-electron chi connectivity index (χ2n) is 8.24. The summed E-state index contributed by atoms with van der Waals surface area (Å²) in [5, 5.41) is 1.24. The van der Waals surface area contributed by atoms with E-state index in [4.69, 9.17) is 4.74 Å². The molecule has 2 aromatic carbocycles. The number of rotatable bonds is 7. The van der Waals surface area contributed by atoms with Crippen molar-refractivity contribution in [1.82, 2.24) is 8.87 Å². The van der Waals surface area contributed by atoms with Gasteiger partial charge in [0.1, 0.15) is 5.75 Å². The summed E-state index contributed by atoms with van der Waals surface area (Å²) in [6.45, 7) is 8.00. The molecule has 2 heterocycles. The second kappa shape index (κ2) is 8.88. The summed E-state index contributed by atoms with van der Waals surface area (Å²) in [4.78, 5) is 1.57. The fourth-order valence-electron chi connectivity index (χ4n) is 4.33. The van der Waals surface area contributed by atoms with Crippen LogP contribution in [0.3, 0.4) is 0 Å². The molecule has 1 aromatic heterocycles. The number of fused-ring (bicyclic) bond motifs is 1. The Morgan fingerprint density at radius 2 is 1.90 bits per heavy atom. The highest BCUT2D eigenvalue weighted by Crippen LogP contribution is 2.37. The molecular weight excluding hydrogens is 428 g/mol. The van der Waals surface area contributed by atoms with Gasteiger partial charge in [0.25, 0.3) is 0 Å². The van der Waals surface area contributed by atoms with Gasteiger partial charge in [-0.15, -0.1) is 11.8 Å². The molecule has 0 bridgehead atoms. The number of sulfonamides is 1. The molecule has 0 radical (unpaired) electrons. The number of thioether (sulfide) groups is 1. The molecule has 7 heteroatoms. The van der Waals surface area contributed by atoms with Gasteiger partial charge in [-0.2, -0.15) is 4.31 Å². The van der Waals surface area contributed by atoms with Gasteiger partial charge in [0.2, 0.25) is 10.0 Å². The monoisotopic (exact) mass is 458 g/mol. The lowest BCUT2D eigenvalue weighted by Crippen LogP contribution is -2.28. The SMILES string of the molecule is CCn1cc(C2CCN(S(=O)(=O)c3ccc(OC(C)C)cc3)C2)c2ccc(SC)cc21. The highest BCUT2D eigenvalue weighted by atomic mass is 32.2. The molecule has 1 aliphatic rings. The van der Waals surface area contributed by atoms with Crippen LogP contribution in [0.25, 0.3) is 10.9 Å². The van der Waals surface area contributed by atoms with Crippen molar-refractivity contribution in [2.24, 2.45) is 0 Å². The van der Waals surface area contributed by atoms with Crippen molar-refractivity contribution in [3.63, 3.8) is 0 Å². The predicted molar refractivity (Wildman–Crippen MR) is 128 cm³/mol. The van der Waals surface area contributed by atoms with Crippen LogP contribution in [0, 0.1) is 0 Å². The molecule has 0 spiro atoms. The summed E-state index contributed by atoms with van der Waals surface area (Å²) >= 11 is 1.74. The van der Waals surface area contributed by atoms with Crippen LogP contribution in [0.2, 0.25) is 0 Å². The Bertz CT molecular complexity index is 1170. The standard InChI is InChI=1S/C24H30N2O3S2/c1-5-25-16-23(22-11-8-20(30-4)14-24(22)25)18-12-13-26(15-18)31(27,28)21-9-6-19(7-10-21)29-17(2)3/h6-11,14,16-18H,5,12-13,15H2,1-4H3. The highest BCUT2D eigenvalue weighted by molar-refractivity contribution is 7.98. The molecule has 3 aromatic rings. The first kappa shape index (κ1) is 22.2. The molecule has 0 aliphatic carbocycles. The van der Waals surface area contributed by atoms with Crippen LogP contribution in [0.4, 0.5) is 0 Å². The normalized spacial score (nSPS) is 17.6. The van der Waals surface area contributed by atoms with Gasteiger partial charge >= 0.3 is 0 Å². The number of nitrogens with zero attached hydrogens (tertiary/aromatic N) is 2. The first-order valence-electron chi connectivity index (χ1n) is 10.8. The average molecular weight is 459 g/mol. The molecule has 0 saturated carbocycles. The van der Waals surface area contributed by atoms with Gasteiger partial charge in [0.05, 0.1) is 11.0 Å². The van der Waals surface area contributed by atoms with E-state index in [2.05, 4.69) is 42.1 Å². The van der Waals surface area contributed by atoms with E-state index < -0.39 is 10.0 Å². The molecule has 0 N–H and O–H groups in total. The third-order valence-corrected chi connectivity index (χ3v) is 8.49. The minimum Gasteiger partial charge on any atom is -0.491 e. The van der Waals surface area contributed by atoms with Gasteiger partial charge < -0.3 is 9.30 Å². The van der Waals surface area contributed by atoms with E-state index in [0.29, 0.717) is 23.7 Å². The van der Waals surface area contributed by atoms with Crippen LogP contribution in [-0.4, -0.2) is 42.7 Å². The van der Waals surface area contributed by atoms with Crippen LogP contribution in [-0.2, 0) is 16.6 Å².